The van der Waals surface area contributed by atoms with Gasteiger partial charge in [-0.3, -0.25) is 32.5 Å². The molecule has 0 aliphatic heterocycles. The summed E-state index contributed by atoms with van der Waals surface area (Å²) in [7, 11) is -9.80. The number of carbonyl (C=O) groups is 3. The van der Waals surface area contributed by atoms with Gasteiger partial charge in [-0.25, -0.2) is 9.13 Å². The van der Waals surface area contributed by atoms with E-state index >= 15 is 0 Å². The third-order valence-corrected chi connectivity index (χ3v) is 14.9. The molecule has 5 atom stereocenters. The SMILES string of the molecule is CC/C=C\C/C=C\C/C=C\C/C=C\C/C=C\CCCCCCCC(=O)OCC(O)COP(=O)(O)OCC(O)COP(=O)(O)OCC(COC(=O)CCCCCC/C=C\C/C=C\C/C=C\C/C=C\CC)OC(=O)CCCCCCC/C=C\C/C=C\C/C=C\CC. The van der Waals surface area contributed by atoms with Crippen LogP contribution in [0.1, 0.15) is 226 Å². The molecule has 0 amide bonds. The van der Waals surface area contributed by atoms with E-state index < -0.39 is 91.5 Å². The lowest BCUT2D eigenvalue weighted by Gasteiger charge is -2.21. The zero-order chi connectivity index (χ0) is 65.3. The molecule has 18 heteroatoms. The van der Waals surface area contributed by atoms with Gasteiger partial charge in [0.2, 0.25) is 0 Å². The lowest BCUT2D eigenvalue weighted by Crippen LogP contribution is -2.30. The molecule has 89 heavy (non-hydrogen) atoms. The van der Waals surface area contributed by atoms with Gasteiger partial charge >= 0.3 is 33.6 Å². The molecule has 0 radical (unpaired) electrons. The molecule has 4 N–H and O–H groups in total. The van der Waals surface area contributed by atoms with E-state index in [4.69, 9.17) is 32.3 Å². The van der Waals surface area contributed by atoms with E-state index in [1.165, 1.54) is 0 Å². The largest absolute Gasteiger partial charge is 0.472 e. The minimum atomic E-state index is -4.94. The Hall–Kier alpha value is -4.57. The zero-order valence-electron chi connectivity index (χ0n) is 54.5. The van der Waals surface area contributed by atoms with Crippen LogP contribution in [0.2, 0.25) is 0 Å². The predicted octanol–water partition coefficient (Wildman–Crippen LogP) is 18.2. The highest BCUT2D eigenvalue weighted by atomic mass is 31.2. The number of ether oxygens (including phenoxy) is 3. The van der Waals surface area contributed by atoms with Gasteiger partial charge in [-0.15, -0.1) is 0 Å². The van der Waals surface area contributed by atoms with Gasteiger partial charge in [-0.05, 0) is 135 Å². The van der Waals surface area contributed by atoms with Gasteiger partial charge in [0.25, 0.3) is 0 Å². The van der Waals surface area contributed by atoms with Crippen molar-refractivity contribution >= 4 is 33.6 Å². The van der Waals surface area contributed by atoms with E-state index in [1.54, 1.807) is 0 Å². The van der Waals surface area contributed by atoms with E-state index in [0.29, 0.717) is 19.3 Å². The van der Waals surface area contributed by atoms with Gasteiger partial charge in [0, 0.05) is 19.3 Å². The second-order valence-electron chi connectivity index (χ2n) is 21.5. The minimum Gasteiger partial charge on any atom is -0.463 e. The molecular weight excluding hydrogens is 1170 g/mol. The summed E-state index contributed by atoms with van der Waals surface area (Å²) in [6.45, 7) is 2.22. The fourth-order valence-electron chi connectivity index (χ4n) is 8.07. The van der Waals surface area contributed by atoms with Crippen molar-refractivity contribution in [2.45, 2.75) is 245 Å². The summed E-state index contributed by atoms with van der Waals surface area (Å²) < 4.78 is 60.8. The molecule has 0 aromatic rings. The number of hydrogen-bond donors (Lipinski definition) is 4. The Morgan fingerprint density at radius 3 is 0.888 bits per heavy atom. The zero-order valence-corrected chi connectivity index (χ0v) is 56.3. The Balaban J connectivity index is 4.72. The number of carbonyl (C=O) groups excluding carboxylic acids is 3. The van der Waals surface area contributed by atoms with Crippen LogP contribution in [-0.2, 0) is 55.8 Å². The van der Waals surface area contributed by atoms with Crippen LogP contribution in [0.25, 0.3) is 0 Å². The van der Waals surface area contributed by atoms with Crippen LogP contribution in [0.4, 0.5) is 0 Å². The van der Waals surface area contributed by atoms with E-state index in [1.807, 2.05) is 0 Å². The first kappa shape index (κ1) is 84.4. The predicted molar refractivity (Wildman–Crippen MR) is 362 cm³/mol. The molecule has 0 bridgehead atoms. The maximum atomic E-state index is 12.9. The number of phosphoric acid groups is 2. The molecule has 16 nitrogen and oxygen atoms in total. The Morgan fingerprint density at radius 1 is 0.315 bits per heavy atom. The molecule has 0 fully saturated rings. The molecule has 506 valence electrons. The molecule has 0 aromatic heterocycles. The van der Waals surface area contributed by atoms with Gasteiger partial charge in [0.05, 0.1) is 26.4 Å². The second kappa shape index (κ2) is 63.6. The summed E-state index contributed by atoms with van der Waals surface area (Å²) in [6.07, 6.45) is 74.7. The molecule has 0 rings (SSSR count). The van der Waals surface area contributed by atoms with Crippen LogP contribution < -0.4 is 0 Å². The summed E-state index contributed by atoms with van der Waals surface area (Å²) in [5.74, 6) is -1.65. The highest BCUT2D eigenvalue weighted by Crippen LogP contribution is 2.45. The highest BCUT2D eigenvalue weighted by Gasteiger charge is 2.29. The van der Waals surface area contributed by atoms with E-state index in [-0.39, 0.29) is 19.3 Å². The number of phosphoric ester groups is 2. The Morgan fingerprint density at radius 2 is 0.562 bits per heavy atom. The number of aliphatic hydroxyl groups is 2. The number of rotatable bonds is 61. The van der Waals surface area contributed by atoms with Crippen molar-refractivity contribution in [1.29, 1.82) is 0 Å². The van der Waals surface area contributed by atoms with Gasteiger partial charge in [-0.2, -0.15) is 0 Å². The number of aliphatic hydroxyl groups excluding tert-OH is 2. The second-order valence-corrected chi connectivity index (χ2v) is 24.4. The van der Waals surface area contributed by atoms with Crippen LogP contribution in [-0.4, -0.2) is 95.9 Å². The van der Waals surface area contributed by atoms with Crippen LogP contribution >= 0.6 is 15.6 Å². The molecule has 0 heterocycles. The average molecular weight is 1290 g/mol. The first-order valence-electron chi connectivity index (χ1n) is 33.1. The standard InChI is InChI=1S/C71H116O16P2/c1-4-7-10-13-16-19-22-25-28-30-31-32-33-35-38-39-42-45-48-51-54-57-69(74)81-60-66(72)61-83-88(77,78)84-62-67(73)63-85-89(79,80)86-65-68(87-71(76)59-56-53-50-47-44-41-36-27-24-21-18-15-12-9-6-3)64-82-70(75)58-55-52-49-46-43-40-37-34-29-26-23-20-17-14-11-8-5-2/h7-12,16-21,25-29,31-32,35-38,40,66-68,72-73H,4-6,13-15,22-24,30,33-34,39,41-65H2,1-3H3,(H,77,78)(H,79,80)/b10-7-,11-8-,12-9-,19-16-,20-17-,21-18-,28-25-,29-26-,32-31-,36-27-,38-35-,40-37-. The van der Waals surface area contributed by atoms with Crippen molar-refractivity contribution in [3.05, 3.63) is 146 Å². The fraction of sp³-hybridized carbons (Fsp3) is 0.620. The molecule has 5 unspecified atom stereocenters. The lowest BCUT2D eigenvalue weighted by atomic mass is 10.1. The lowest BCUT2D eigenvalue weighted by molar-refractivity contribution is -0.161. The molecule has 0 aliphatic carbocycles. The topological polar surface area (TPSA) is 231 Å². The van der Waals surface area contributed by atoms with Gasteiger partial charge < -0.3 is 34.2 Å². The third kappa shape index (κ3) is 64.8. The van der Waals surface area contributed by atoms with Crippen molar-refractivity contribution in [2.24, 2.45) is 0 Å². The van der Waals surface area contributed by atoms with Gasteiger partial charge in [0.1, 0.15) is 25.4 Å². The third-order valence-electron chi connectivity index (χ3n) is 13.0. The van der Waals surface area contributed by atoms with Crippen LogP contribution in [0, 0.1) is 0 Å². The maximum Gasteiger partial charge on any atom is 0.472 e. The van der Waals surface area contributed by atoms with Crippen LogP contribution in [0.15, 0.2) is 146 Å². The van der Waals surface area contributed by atoms with Gasteiger partial charge in [0.15, 0.2) is 6.10 Å². The summed E-state index contributed by atoms with van der Waals surface area (Å²) in [5, 5.41) is 20.5. The molecule has 0 aromatic carbocycles. The quantitative estimate of drug-likeness (QED) is 0.0146. The normalized spacial score (nSPS) is 15.2. The first-order valence-corrected chi connectivity index (χ1v) is 36.1. The van der Waals surface area contributed by atoms with E-state index in [2.05, 4.69) is 167 Å². The molecule has 0 saturated carbocycles. The maximum absolute atomic E-state index is 12.9. The molecule has 0 saturated heterocycles. The highest BCUT2D eigenvalue weighted by molar-refractivity contribution is 7.47. The Kier molecular flexibility index (Phi) is 60.3. The number of allylic oxidation sites excluding steroid dienone is 24. The summed E-state index contributed by atoms with van der Waals surface area (Å²) in [6, 6.07) is 0. The van der Waals surface area contributed by atoms with E-state index in [9.17, 15) is 43.5 Å². The number of unbranched alkanes of at least 4 members (excludes halogenated alkanes) is 14. The van der Waals surface area contributed by atoms with Crippen molar-refractivity contribution < 1.29 is 75.8 Å². The molecule has 0 aliphatic rings. The summed E-state index contributed by atoms with van der Waals surface area (Å²) in [4.78, 5) is 58.3. The van der Waals surface area contributed by atoms with Crippen molar-refractivity contribution in [1.82, 2.24) is 0 Å². The van der Waals surface area contributed by atoms with Crippen molar-refractivity contribution in [3.63, 3.8) is 0 Å². The average Bonchev–Trinajstić information content (AvgIpc) is 3.63. The van der Waals surface area contributed by atoms with E-state index in [0.717, 1.165) is 167 Å². The van der Waals surface area contributed by atoms with Crippen molar-refractivity contribution in [3.8, 4) is 0 Å². The molecular formula is C71H116O16P2. The van der Waals surface area contributed by atoms with Crippen LogP contribution in [0.5, 0.6) is 0 Å². The monoisotopic (exact) mass is 1290 g/mol. The van der Waals surface area contributed by atoms with Crippen molar-refractivity contribution in [2.75, 3.05) is 39.6 Å². The molecule has 0 spiro atoms. The van der Waals surface area contributed by atoms with Gasteiger partial charge in [-0.1, -0.05) is 218 Å². The first-order chi connectivity index (χ1) is 43.2. The number of esters is 3. The summed E-state index contributed by atoms with van der Waals surface area (Å²) >= 11 is 0. The fourth-order valence-corrected chi connectivity index (χ4v) is 9.66. The smallest absolute Gasteiger partial charge is 0.463 e. The van der Waals surface area contributed by atoms with Crippen LogP contribution in [0.3, 0.4) is 0 Å². The Labute approximate surface area is 537 Å². The summed E-state index contributed by atoms with van der Waals surface area (Å²) in [5.41, 5.74) is 0. The Bertz CT molecular complexity index is 2210. The minimum absolute atomic E-state index is 0.0738. The number of hydrogen-bond acceptors (Lipinski definition) is 14.